The molecule has 2 aromatic rings. The molecule has 0 aliphatic rings. The molecule has 4 nitrogen and oxygen atoms in total. The van der Waals surface area contributed by atoms with Crippen molar-refractivity contribution >= 4 is 6.29 Å². The van der Waals surface area contributed by atoms with Gasteiger partial charge in [-0.05, 0) is 12.1 Å². The third kappa shape index (κ3) is 1.46. The van der Waals surface area contributed by atoms with Crippen LogP contribution in [0.2, 0.25) is 0 Å². The zero-order valence-electron chi connectivity index (χ0n) is 6.79. The van der Waals surface area contributed by atoms with Crippen LogP contribution in [0, 0.1) is 0 Å². The number of carbonyl (C=O) groups excluding carboxylic acids is 1. The van der Waals surface area contributed by atoms with Crippen molar-refractivity contribution in [2.24, 2.45) is 0 Å². The first-order valence-electron chi connectivity index (χ1n) is 3.81. The van der Waals surface area contributed by atoms with Crippen LogP contribution in [-0.4, -0.2) is 20.8 Å². The molecule has 0 aliphatic carbocycles. The minimum absolute atomic E-state index is 0.408. The maximum Gasteiger partial charge on any atom is 0.170 e. The number of aldehydes is 1. The predicted molar refractivity (Wildman–Crippen MR) is 46.7 cm³/mol. The molecule has 2 heterocycles. The number of imidazole rings is 1. The maximum absolute atomic E-state index is 10.4. The molecule has 64 valence electrons. The Morgan fingerprint density at radius 2 is 2.23 bits per heavy atom. The lowest BCUT2D eigenvalue weighted by atomic mass is 10.4. The summed E-state index contributed by atoms with van der Waals surface area (Å²) in [5, 5.41) is 0. The van der Waals surface area contributed by atoms with Gasteiger partial charge in [0.05, 0.1) is 0 Å². The van der Waals surface area contributed by atoms with Gasteiger partial charge in [0.15, 0.2) is 6.29 Å². The fourth-order valence-electron chi connectivity index (χ4n) is 1.03. The molecule has 4 heteroatoms. The summed E-state index contributed by atoms with van der Waals surface area (Å²) in [5.74, 6) is 0.753. The quantitative estimate of drug-likeness (QED) is 0.638. The van der Waals surface area contributed by atoms with Gasteiger partial charge in [-0.1, -0.05) is 6.07 Å². The molecule has 0 unspecified atom stereocenters. The molecule has 0 atom stereocenters. The van der Waals surface area contributed by atoms with Crippen LogP contribution in [0.1, 0.15) is 10.5 Å². The number of rotatable bonds is 2. The summed E-state index contributed by atoms with van der Waals surface area (Å²) in [6, 6.07) is 5.56. The van der Waals surface area contributed by atoms with Crippen LogP contribution in [0.15, 0.2) is 36.9 Å². The monoisotopic (exact) mass is 173 g/mol. The molecule has 2 rings (SSSR count). The summed E-state index contributed by atoms with van der Waals surface area (Å²) in [7, 11) is 0. The highest BCUT2D eigenvalue weighted by molar-refractivity contribution is 5.71. The van der Waals surface area contributed by atoms with Gasteiger partial charge in [0.1, 0.15) is 17.8 Å². The van der Waals surface area contributed by atoms with Crippen LogP contribution in [0.5, 0.6) is 0 Å². The largest absolute Gasteiger partial charge is 0.296 e. The molecule has 2 aromatic heterocycles. The normalized spacial score (nSPS) is 9.85. The van der Waals surface area contributed by atoms with Gasteiger partial charge in [-0.3, -0.25) is 9.36 Å². The first kappa shape index (κ1) is 7.67. The maximum atomic E-state index is 10.4. The van der Waals surface area contributed by atoms with Crippen LogP contribution < -0.4 is 0 Å². The molecular weight excluding hydrogens is 166 g/mol. The molecule has 13 heavy (non-hydrogen) atoms. The minimum Gasteiger partial charge on any atom is -0.296 e. The summed E-state index contributed by atoms with van der Waals surface area (Å²) >= 11 is 0. The van der Waals surface area contributed by atoms with Gasteiger partial charge in [0, 0.05) is 12.4 Å². The number of aromatic nitrogens is 3. The lowest BCUT2D eigenvalue weighted by molar-refractivity contribution is 0.111. The van der Waals surface area contributed by atoms with Gasteiger partial charge >= 0.3 is 0 Å². The van der Waals surface area contributed by atoms with Crippen LogP contribution in [0.3, 0.4) is 0 Å². The van der Waals surface area contributed by atoms with E-state index in [1.165, 1.54) is 0 Å². The summed E-state index contributed by atoms with van der Waals surface area (Å²) in [4.78, 5) is 18.3. The van der Waals surface area contributed by atoms with E-state index in [0.29, 0.717) is 12.0 Å². The highest BCUT2D eigenvalue weighted by Crippen LogP contribution is 2.02. The molecule has 0 saturated carbocycles. The Morgan fingerprint density at radius 1 is 1.31 bits per heavy atom. The Bertz CT molecular complexity index is 408. The summed E-state index contributed by atoms with van der Waals surface area (Å²) in [6.07, 6.45) is 5.59. The number of pyridine rings is 1. The van der Waals surface area contributed by atoms with E-state index in [4.69, 9.17) is 0 Å². The van der Waals surface area contributed by atoms with E-state index >= 15 is 0 Å². The van der Waals surface area contributed by atoms with Gasteiger partial charge < -0.3 is 0 Å². The third-order valence-corrected chi connectivity index (χ3v) is 1.64. The van der Waals surface area contributed by atoms with Crippen molar-refractivity contribution in [1.29, 1.82) is 0 Å². The fraction of sp³-hybridized carbons (Fsp3) is 0. The van der Waals surface area contributed by atoms with Crippen LogP contribution in [0.25, 0.3) is 5.82 Å². The van der Waals surface area contributed by atoms with Gasteiger partial charge in [-0.25, -0.2) is 9.97 Å². The molecule has 0 aromatic carbocycles. The highest BCUT2D eigenvalue weighted by atomic mass is 16.1. The Labute approximate surface area is 74.9 Å². The second-order valence-electron chi connectivity index (χ2n) is 2.51. The molecule has 0 fully saturated rings. The van der Waals surface area contributed by atoms with Crippen molar-refractivity contribution in [3.05, 3.63) is 42.6 Å². The number of hydrogen-bond donors (Lipinski definition) is 0. The first-order chi connectivity index (χ1) is 6.40. The van der Waals surface area contributed by atoms with E-state index in [1.807, 2.05) is 18.2 Å². The zero-order valence-corrected chi connectivity index (χ0v) is 6.79. The fourth-order valence-corrected chi connectivity index (χ4v) is 1.03. The van der Waals surface area contributed by atoms with Crippen molar-refractivity contribution in [3.8, 4) is 5.82 Å². The van der Waals surface area contributed by atoms with Gasteiger partial charge in [-0.15, -0.1) is 0 Å². The van der Waals surface area contributed by atoms with Crippen molar-refractivity contribution in [2.45, 2.75) is 0 Å². The summed E-state index contributed by atoms with van der Waals surface area (Å²) < 4.78 is 1.70. The smallest absolute Gasteiger partial charge is 0.170 e. The van der Waals surface area contributed by atoms with E-state index in [2.05, 4.69) is 9.97 Å². The molecule has 0 amide bonds. The Kier molecular flexibility index (Phi) is 1.88. The van der Waals surface area contributed by atoms with Crippen LogP contribution in [-0.2, 0) is 0 Å². The third-order valence-electron chi connectivity index (χ3n) is 1.64. The van der Waals surface area contributed by atoms with Gasteiger partial charge in [-0.2, -0.15) is 0 Å². The van der Waals surface area contributed by atoms with E-state index in [1.54, 1.807) is 23.3 Å². The molecule has 0 aliphatic heterocycles. The lowest BCUT2D eigenvalue weighted by Crippen LogP contribution is -1.92. The van der Waals surface area contributed by atoms with Crippen LogP contribution in [0.4, 0.5) is 0 Å². The highest BCUT2D eigenvalue weighted by Gasteiger charge is 1.98. The molecular formula is C9H7N3O. The van der Waals surface area contributed by atoms with Crippen molar-refractivity contribution in [2.75, 3.05) is 0 Å². The Hall–Kier alpha value is -1.97. The summed E-state index contributed by atoms with van der Waals surface area (Å²) in [5.41, 5.74) is 0.408. The van der Waals surface area contributed by atoms with E-state index in [9.17, 15) is 4.79 Å². The molecule has 0 spiro atoms. The molecule has 0 N–H and O–H groups in total. The number of nitrogens with zero attached hydrogens (tertiary/aromatic N) is 3. The molecule has 0 radical (unpaired) electrons. The average molecular weight is 173 g/mol. The number of hydrogen-bond acceptors (Lipinski definition) is 3. The Morgan fingerprint density at radius 3 is 2.85 bits per heavy atom. The number of carbonyl (C=O) groups is 1. The van der Waals surface area contributed by atoms with Crippen molar-refractivity contribution in [1.82, 2.24) is 14.5 Å². The zero-order chi connectivity index (χ0) is 9.10. The SMILES string of the molecule is O=Cc1cn(-c2ccccn2)cn1. The minimum atomic E-state index is 0.408. The van der Waals surface area contributed by atoms with E-state index in [-0.39, 0.29) is 0 Å². The van der Waals surface area contributed by atoms with Gasteiger partial charge in [0.2, 0.25) is 0 Å². The summed E-state index contributed by atoms with van der Waals surface area (Å²) in [6.45, 7) is 0. The van der Waals surface area contributed by atoms with Crippen molar-refractivity contribution < 1.29 is 4.79 Å². The van der Waals surface area contributed by atoms with Crippen LogP contribution >= 0.6 is 0 Å². The van der Waals surface area contributed by atoms with E-state index < -0.39 is 0 Å². The standard InChI is InChI=1S/C9H7N3O/c13-6-8-5-12(7-11-8)9-3-1-2-4-10-9/h1-7H. The second-order valence-corrected chi connectivity index (χ2v) is 2.51. The topological polar surface area (TPSA) is 47.8 Å². The molecule has 0 saturated heterocycles. The average Bonchev–Trinajstić information content (AvgIpc) is 2.67. The first-order valence-corrected chi connectivity index (χ1v) is 3.81. The van der Waals surface area contributed by atoms with Crippen molar-refractivity contribution in [3.63, 3.8) is 0 Å². The van der Waals surface area contributed by atoms with E-state index in [0.717, 1.165) is 5.82 Å². The van der Waals surface area contributed by atoms with Gasteiger partial charge in [0.25, 0.3) is 0 Å². The molecule has 0 bridgehead atoms. The second kappa shape index (κ2) is 3.18. The predicted octanol–water partition coefficient (Wildman–Crippen LogP) is 1.08. The lowest BCUT2D eigenvalue weighted by Gasteiger charge is -1.97. The Balaban J connectivity index is 2.41.